The number of fused-ring (bicyclic) bond motifs is 1. The molecule has 0 radical (unpaired) electrons. The van der Waals surface area contributed by atoms with E-state index in [2.05, 4.69) is 10.0 Å². The molecule has 1 heterocycles. The van der Waals surface area contributed by atoms with Gasteiger partial charge in [0.05, 0.1) is 5.69 Å². The molecular weight excluding hydrogens is 200 g/mol. The smallest absolute Gasteiger partial charge is 0.0534 e. The van der Waals surface area contributed by atoms with Crippen molar-refractivity contribution in [1.82, 2.24) is 0 Å². The summed E-state index contributed by atoms with van der Waals surface area (Å²) >= 11 is -2.25. The molecule has 0 saturated heterocycles. The second-order valence-electron chi connectivity index (χ2n) is 3.30. The monoisotopic (exact) mass is 211 g/mol. The Morgan fingerprint density at radius 1 is 1.57 bits per heavy atom. The van der Waals surface area contributed by atoms with E-state index in [4.69, 9.17) is 0 Å². The van der Waals surface area contributed by atoms with E-state index < -0.39 is 11.3 Å². The average molecular weight is 211 g/mol. The van der Waals surface area contributed by atoms with Gasteiger partial charge in [-0.25, -0.2) is 0 Å². The lowest BCUT2D eigenvalue weighted by Gasteiger charge is -2.15. The van der Waals surface area contributed by atoms with E-state index in [1.807, 2.05) is 19.1 Å². The fourth-order valence-corrected chi connectivity index (χ4v) is 2.19. The molecule has 14 heavy (non-hydrogen) atoms. The molecule has 1 unspecified atom stereocenters. The van der Waals surface area contributed by atoms with Gasteiger partial charge in [-0.05, 0) is 25.0 Å². The Kier molecular flexibility index (Phi) is 2.43. The molecule has 0 aliphatic carbocycles. The van der Waals surface area contributed by atoms with Crippen LogP contribution in [0.1, 0.15) is 11.1 Å². The highest BCUT2D eigenvalue weighted by Crippen LogP contribution is 2.32. The fourth-order valence-electron chi connectivity index (χ4n) is 1.74. The molecule has 0 spiro atoms. The molecule has 2 rings (SSSR count). The van der Waals surface area contributed by atoms with Crippen molar-refractivity contribution in [3.63, 3.8) is 0 Å². The molecule has 1 aromatic rings. The summed E-state index contributed by atoms with van der Waals surface area (Å²) in [5.41, 5.74) is 3.77. The van der Waals surface area contributed by atoms with Gasteiger partial charge in [0.1, 0.15) is 0 Å². The highest BCUT2D eigenvalue weighted by atomic mass is 32.2. The summed E-state index contributed by atoms with van der Waals surface area (Å²) in [6.45, 7) is 2.77. The highest BCUT2D eigenvalue weighted by molar-refractivity contribution is 7.80. The topological polar surface area (TPSA) is 64.2 Å². The minimum atomic E-state index is -2.25. The molecule has 1 aliphatic rings. The van der Waals surface area contributed by atoms with E-state index in [9.17, 15) is 8.76 Å². The second kappa shape index (κ2) is 3.59. The maximum atomic E-state index is 10.6. The molecule has 0 aromatic heterocycles. The molecule has 0 fully saturated rings. The van der Waals surface area contributed by atoms with Gasteiger partial charge in [-0.2, -0.15) is 0 Å². The number of hydrogen-bond donors (Lipinski definition) is 2. The van der Waals surface area contributed by atoms with Crippen molar-refractivity contribution in [1.29, 1.82) is 0 Å². The van der Waals surface area contributed by atoms with Crippen molar-refractivity contribution >= 4 is 22.6 Å². The van der Waals surface area contributed by atoms with Crippen LogP contribution < -0.4 is 10.0 Å². The Labute approximate surface area is 85.1 Å². The summed E-state index contributed by atoms with van der Waals surface area (Å²) in [5, 5.41) is 3.20. The number of nitrogens with one attached hydrogen (secondary N) is 2. The first-order valence-electron chi connectivity index (χ1n) is 4.41. The fraction of sp³-hybridized carbons (Fsp3) is 0.333. The third-order valence-corrected chi connectivity index (χ3v) is 2.77. The third-order valence-electron chi connectivity index (χ3n) is 2.40. The van der Waals surface area contributed by atoms with E-state index in [-0.39, 0.29) is 0 Å². The van der Waals surface area contributed by atoms with Crippen LogP contribution in [0.2, 0.25) is 0 Å². The maximum Gasteiger partial charge on any atom is 0.0534 e. The first-order valence-corrected chi connectivity index (χ1v) is 5.48. The lowest BCUT2D eigenvalue weighted by Crippen LogP contribution is -2.06. The van der Waals surface area contributed by atoms with Gasteiger partial charge in [0.15, 0.2) is 0 Å². The van der Waals surface area contributed by atoms with Crippen molar-refractivity contribution in [3.05, 3.63) is 23.3 Å². The number of benzene rings is 1. The Hall–Kier alpha value is -1.07. The van der Waals surface area contributed by atoms with Gasteiger partial charge in [0.2, 0.25) is 0 Å². The van der Waals surface area contributed by atoms with Crippen LogP contribution >= 0.6 is 0 Å². The molecule has 76 valence electrons. The van der Waals surface area contributed by atoms with Crippen LogP contribution in [0.5, 0.6) is 0 Å². The molecule has 0 saturated carbocycles. The largest absolute Gasteiger partial charge is 0.755 e. The first kappa shape index (κ1) is 9.48. The van der Waals surface area contributed by atoms with Gasteiger partial charge in [0, 0.05) is 29.1 Å². The summed E-state index contributed by atoms with van der Waals surface area (Å²) in [5.74, 6) is 0. The maximum absolute atomic E-state index is 10.6. The summed E-state index contributed by atoms with van der Waals surface area (Å²) in [4.78, 5) is 0. The molecule has 0 amide bonds. The predicted octanol–water partition coefficient (Wildman–Crippen LogP) is 1.17. The zero-order chi connectivity index (χ0) is 10.1. The van der Waals surface area contributed by atoms with Gasteiger partial charge in [0.25, 0.3) is 0 Å². The van der Waals surface area contributed by atoms with Crippen LogP contribution in [0.15, 0.2) is 12.1 Å². The van der Waals surface area contributed by atoms with Gasteiger partial charge < -0.3 is 14.6 Å². The summed E-state index contributed by atoms with van der Waals surface area (Å²) in [6.07, 6.45) is 0.872. The Morgan fingerprint density at radius 2 is 2.36 bits per heavy atom. The normalized spacial score (nSPS) is 15.9. The number of rotatable bonds is 2. The van der Waals surface area contributed by atoms with Gasteiger partial charge in [-0.1, -0.05) is 6.07 Å². The Morgan fingerprint density at radius 3 is 3.07 bits per heavy atom. The van der Waals surface area contributed by atoms with E-state index >= 15 is 0 Å². The molecule has 5 heteroatoms. The number of anilines is 2. The first-order chi connectivity index (χ1) is 6.68. The van der Waals surface area contributed by atoms with Crippen molar-refractivity contribution in [2.45, 2.75) is 13.3 Å². The van der Waals surface area contributed by atoms with Gasteiger partial charge in [-0.15, -0.1) is 0 Å². The van der Waals surface area contributed by atoms with Crippen molar-refractivity contribution in [2.75, 3.05) is 16.6 Å². The molecule has 0 bridgehead atoms. The van der Waals surface area contributed by atoms with Crippen molar-refractivity contribution < 1.29 is 8.76 Å². The molecule has 1 aromatic carbocycles. The van der Waals surface area contributed by atoms with Crippen LogP contribution in [-0.2, 0) is 17.7 Å². The summed E-state index contributed by atoms with van der Waals surface area (Å²) < 4.78 is 23.6. The lowest BCUT2D eigenvalue weighted by molar-refractivity contribution is 0.542. The standard InChI is InChI=1S/C9H12N2O2S/c1-6-2-3-8-7(4-5-10-8)9(6)11-14(12)13/h2-3,10-11H,4-5H2,1H3,(H,12,13)/p-1. The zero-order valence-electron chi connectivity index (χ0n) is 7.79. The van der Waals surface area contributed by atoms with E-state index in [1.165, 1.54) is 0 Å². The number of hydrogen-bond acceptors (Lipinski definition) is 3. The van der Waals surface area contributed by atoms with Gasteiger partial charge in [-0.3, -0.25) is 4.21 Å². The molecule has 1 atom stereocenters. The minimum Gasteiger partial charge on any atom is -0.755 e. The van der Waals surface area contributed by atoms with Crippen LogP contribution in [-0.4, -0.2) is 15.3 Å². The van der Waals surface area contributed by atoms with Crippen LogP contribution in [0.3, 0.4) is 0 Å². The van der Waals surface area contributed by atoms with Crippen molar-refractivity contribution in [3.8, 4) is 0 Å². The summed E-state index contributed by atoms with van der Waals surface area (Å²) in [6, 6.07) is 3.89. The molecule has 4 nitrogen and oxygen atoms in total. The SMILES string of the molecule is Cc1ccc2c(c1NS(=O)[O-])CCN2. The minimum absolute atomic E-state index is 0.723. The van der Waals surface area contributed by atoms with E-state index in [1.54, 1.807) is 0 Å². The third kappa shape index (κ3) is 1.60. The van der Waals surface area contributed by atoms with Crippen LogP contribution in [0.4, 0.5) is 11.4 Å². The second-order valence-corrected chi connectivity index (χ2v) is 3.97. The molecule has 2 N–H and O–H groups in total. The molecule has 1 aliphatic heterocycles. The Bertz CT molecular complexity index is 393. The van der Waals surface area contributed by atoms with Gasteiger partial charge >= 0.3 is 0 Å². The van der Waals surface area contributed by atoms with Crippen molar-refractivity contribution in [2.24, 2.45) is 0 Å². The summed E-state index contributed by atoms with van der Waals surface area (Å²) in [7, 11) is 0. The predicted molar refractivity (Wildman–Crippen MR) is 55.9 cm³/mol. The van der Waals surface area contributed by atoms with Crippen LogP contribution in [0.25, 0.3) is 0 Å². The quantitative estimate of drug-likeness (QED) is 0.722. The average Bonchev–Trinajstić information content (AvgIpc) is 2.57. The molecular formula is C9H11N2O2S-. The van der Waals surface area contributed by atoms with Crippen LogP contribution in [0, 0.1) is 6.92 Å². The number of aryl methyl sites for hydroxylation is 1. The van der Waals surface area contributed by atoms with E-state index in [0.717, 1.165) is 35.5 Å². The lowest BCUT2D eigenvalue weighted by atomic mass is 10.1. The highest BCUT2D eigenvalue weighted by Gasteiger charge is 2.15. The Balaban J connectivity index is 2.46. The zero-order valence-corrected chi connectivity index (χ0v) is 8.61. The van der Waals surface area contributed by atoms with E-state index in [0.29, 0.717) is 0 Å².